The number of methoxy groups -OCH3 is 1. The van der Waals surface area contributed by atoms with Gasteiger partial charge in [-0.2, -0.15) is 10.1 Å². The van der Waals surface area contributed by atoms with Crippen LogP contribution in [0.15, 0.2) is 48.7 Å². The van der Waals surface area contributed by atoms with Crippen LogP contribution in [0.2, 0.25) is 5.02 Å². The minimum Gasteiger partial charge on any atom is -0.495 e. The second-order valence-corrected chi connectivity index (χ2v) is 6.36. The molecule has 0 saturated heterocycles. The highest BCUT2D eigenvalue weighted by atomic mass is 35.5. The molecule has 2 aromatic carbocycles. The molecule has 0 aliphatic carbocycles. The molecule has 3 rings (SSSR count). The summed E-state index contributed by atoms with van der Waals surface area (Å²) in [5.41, 5.74) is 1.60. The number of hydrogen-bond acceptors (Lipinski definition) is 7. The van der Waals surface area contributed by atoms with Crippen LogP contribution >= 0.6 is 11.6 Å². The van der Waals surface area contributed by atoms with Gasteiger partial charge in [-0.1, -0.05) is 11.6 Å². The smallest absolute Gasteiger partial charge is 0.249 e. The molecule has 0 spiro atoms. The minimum atomic E-state index is 0.134. The number of halogens is 1. The van der Waals surface area contributed by atoms with Gasteiger partial charge in [0, 0.05) is 11.4 Å². The van der Waals surface area contributed by atoms with Gasteiger partial charge in [-0.15, -0.1) is 5.10 Å². The van der Waals surface area contributed by atoms with Crippen molar-refractivity contribution in [2.75, 3.05) is 17.7 Å². The number of benzene rings is 2. The average Bonchev–Trinajstić information content (AvgIpc) is 2.63. The first kappa shape index (κ1) is 18.7. The lowest BCUT2D eigenvalue weighted by Gasteiger charge is -2.11. The highest BCUT2D eigenvalue weighted by Crippen LogP contribution is 2.28. The maximum absolute atomic E-state index is 6.13. The molecule has 1 aromatic heterocycles. The molecule has 0 amide bonds. The molecule has 27 heavy (non-hydrogen) atoms. The van der Waals surface area contributed by atoms with E-state index in [2.05, 4.69) is 25.8 Å². The van der Waals surface area contributed by atoms with Gasteiger partial charge in [-0.05, 0) is 56.3 Å². The first-order valence-corrected chi connectivity index (χ1v) is 8.75. The summed E-state index contributed by atoms with van der Waals surface area (Å²) in [6, 6.07) is 12.9. The van der Waals surface area contributed by atoms with Gasteiger partial charge in [-0.25, -0.2) is 0 Å². The molecule has 0 saturated carbocycles. The summed E-state index contributed by atoms with van der Waals surface area (Å²) in [5.74, 6) is 2.32. The first-order chi connectivity index (χ1) is 13.0. The molecular formula is C19H20ClN5O2. The topological polar surface area (TPSA) is 81.2 Å². The zero-order valence-electron chi connectivity index (χ0n) is 15.2. The van der Waals surface area contributed by atoms with Gasteiger partial charge < -0.3 is 20.1 Å². The fourth-order valence-electron chi connectivity index (χ4n) is 2.33. The van der Waals surface area contributed by atoms with Crippen molar-refractivity contribution in [2.45, 2.75) is 20.0 Å². The Hall–Kier alpha value is -3.06. The Morgan fingerprint density at radius 1 is 1.00 bits per heavy atom. The van der Waals surface area contributed by atoms with E-state index in [4.69, 9.17) is 21.1 Å². The van der Waals surface area contributed by atoms with Crippen molar-refractivity contribution in [3.63, 3.8) is 0 Å². The highest BCUT2D eigenvalue weighted by molar-refractivity contribution is 6.32. The third-order valence-corrected chi connectivity index (χ3v) is 3.76. The molecule has 8 heteroatoms. The molecule has 0 atom stereocenters. The van der Waals surface area contributed by atoms with Crippen LogP contribution < -0.4 is 20.1 Å². The predicted molar refractivity (Wildman–Crippen MR) is 107 cm³/mol. The van der Waals surface area contributed by atoms with Crippen molar-refractivity contribution in [2.24, 2.45) is 0 Å². The molecule has 0 bridgehead atoms. The van der Waals surface area contributed by atoms with Crippen molar-refractivity contribution in [1.82, 2.24) is 15.2 Å². The normalized spacial score (nSPS) is 10.6. The van der Waals surface area contributed by atoms with Crippen LogP contribution in [0, 0.1) is 0 Å². The van der Waals surface area contributed by atoms with E-state index in [1.807, 2.05) is 44.2 Å². The Morgan fingerprint density at radius 2 is 1.74 bits per heavy atom. The fraction of sp³-hybridized carbons (Fsp3) is 0.211. The monoisotopic (exact) mass is 385 g/mol. The Morgan fingerprint density at radius 3 is 2.41 bits per heavy atom. The quantitative estimate of drug-likeness (QED) is 0.604. The van der Waals surface area contributed by atoms with E-state index < -0.39 is 0 Å². The van der Waals surface area contributed by atoms with E-state index in [1.54, 1.807) is 25.4 Å². The lowest BCUT2D eigenvalue weighted by molar-refractivity contribution is 0.242. The standard InChI is InChI=1S/C19H20ClN5O2/c1-12(2)27-15-7-4-13(5-8-15)22-18-11-21-25-19(24-18)23-14-6-9-17(26-3)16(20)10-14/h4-12H,1-3H3,(H2,22,23,24,25). The second-order valence-electron chi connectivity index (χ2n) is 5.96. The summed E-state index contributed by atoms with van der Waals surface area (Å²) in [5, 5.41) is 14.7. The number of ether oxygens (including phenoxy) is 2. The minimum absolute atomic E-state index is 0.134. The Balaban J connectivity index is 1.69. The second kappa shape index (κ2) is 8.55. The molecule has 0 unspecified atom stereocenters. The largest absolute Gasteiger partial charge is 0.495 e. The number of nitrogens with one attached hydrogen (secondary N) is 2. The van der Waals surface area contributed by atoms with Crippen LogP contribution in [0.3, 0.4) is 0 Å². The maximum atomic E-state index is 6.13. The molecule has 1 heterocycles. The van der Waals surface area contributed by atoms with Gasteiger partial charge in [0.25, 0.3) is 0 Å². The molecule has 0 aliphatic heterocycles. The zero-order chi connectivity index (χ0) is 19.2. The van der Waals surface area contributed by atoms with E-state index in [0.717, 1.165) is 17.1 Å². The van der Waals surface area contributed by atoms with Gasteiger partial charge in [0.15, 0.2) is 5.82 Å². The van der Waals surface area contributed by atoms with E-state index in [1.165, 1.54) is 0 Å². The number of anilines is 4. The van der Waals surface area contributed by atoms with Crippen molar-refractivity contribution in [3.8, 4) is 11.5 Å². The summed E-state index contributed by atoms with van der Waals surface area (Å²) < 4.78 is 10.8. The van der Waals surface area contributed by atoms with Gasteiger partial charge in [0.05, 0.1) is 24.4 Å². The van der Waals surface area contributed by atoms with E-state index in [9.17, 15) is 0 Å². The summed E-state index contributed by atoms with van der Waals surface area (Å²) in [6.07, 6.45) is 1.68. The number of nitrogens with zero attached hydrogens (tertiary/aromatic N) is 3. The van der Waals surface area contributed by atoms with Gasteiger partial charge >= 0.3 is 0 Å². The Kier molecular flexibility index (Phi) is 5.93. The van der Waals surface area contributed by atoms with Crippen molar-refractivity contribution in [3.05, 3.63) is 53.7 Å². The third kappa shape index (κ3) is 5.21. The SMILES string of the molecule is COc1ccc(Nc2nncc(Nc3ccc(OC(C)C)cc3)n2)cc1Cl. The maximum Gasteiger partial charge on any atom is 0.249 e. The average molecular weight is 386 g/mol. The van der Waals surface area contributed by atoms with Crippen LogP contribution in [0.5, 0.6) is 11.5 Å². The zero-order valence-corrected chi connectivity index (χ0v) is 16.0. The van der Waals surface area contributed by atoms with Gasteiger partial charge in [0.1, 0.15) is 11.5 Å². The number of hydrogen-bond donors (Lipinski definition) is 2. The van der Waals surface area contributed by atoms with E-state index in [0.29, 0.717) is 22.5 Å². The van der Waals surface area contributed by atoms with Crippen molar-refractivity contribution in [1.29, 1.82) is 0 Å². The Labute approximate surface area is 162 Å². The molecule has 3 aromatic rings. The molecule has 0 aliphatic rings. The van der Waals surface area contributed by atoms with E-state index >= 15 is 0 Å². The molecule has 7 nitrogen and oxygen atoms in total. The van der Waals surface area contributed by atoms with E-state index in [-0.39, 0.29) is 6.10 Å². The van der Waals surface area contributed by atoms with Crippen LogP contribution in [-0.2, 0) is 0 Å². The Bertz CT molecular complexity index is 903. The number of rotatable bonds is 7. The summed E-state index contributed by atoms with van der Waals surface area (Å²) >= 11 is 6.13. The molecule has 2 N–H and O–H groups in total. The molecular weight excluding hydrogens is 366 g/mol. The van der Waals surface area contributed by atoms with Crippen LogP contribution in [0.25, 0.3) is 0 Å². The lowest BCUT2D eigenvalue weighted by atomic mass is 10.3. The highest BCUT2D eigenvalue weighted by Gasteiger charge is 2.06. The van der Waals surface area contributed by atoms with Crippen LogP contribution in [-0.4, -0.2) is 28.4 Å². The number of aromatic nitrogens is 3. The molecule has 0 fully saturated rings. The summed E-state index contributed by atoms with van der Waals surface area (Å²) in [6.45, 7) is 3.98. The summed E-state index contributed by atoms with van der Waals surface area (Å²) in [7, 11) is 1.57. The van der Waals surface area contributed by atoms with Crippen LogP contribution in [0.1, 0.15) is 13.8 Å². The molecule has 140 valence electrons. The third-order valence-electron chi connectivity index (χ3n) is 3.47. The first-order valence-electron chi connectivity index (χ1n) is 8.37. The fourth-order valence-corrected chi connectivity index (χ4v) is 2.58. The molecule has 0 radical (unpaired) electrons. The van der Waals surface area contributed by atoms with Gasteiger partial charge in [0.2, 0.25) is 5.95 Å². The van der Waals surface area contributed by atoms with Gasteiger partial charge in [-0.3, -0.25) is 0 Å². The summed E-state index contributed by atoms with van der Waals surface area (Å²) in [4.78, 5) is 4.40. The van der Waals surface area contributed by atoms with Crippen molar-refractivity contribution >= 4 is 34.7 Å². The van der Waals surface area contributed by atoms with Crippen molar-refractivity contribution < 1.29 is 9.47 Å². The lowest BCUT2D eigenvalue weighted by Crippen LogP contribution is -2.05. The predicted octanol–water partition coefficient (Wildman–Crippen LogP) is 4.81. The van der Waals surface area contributed by atoms with Crippen LogP contribution in [0.4, 0.5) is 23.1 Å².